The third kappa shape index (κ3) is 3.78. The van der Waals surface area contributed by atoms with Crippen molar-refractivity contribution in [3.63, 3.8) is 0 Å². The first kappa shape index (κ1) is 19.0. The standard InChI is InChI=1S/C22H20N6O3/c29-21(30)18-19(14-4-2-1-3-5-14)25-22(28-8-10-31-11-9-28)26-20(18)24-16-6-7-17-15(12-16)13-23-27-17/h1-7,12-13H,8-11H2,(H,23,27)(H,29,30)(H,24,25,26). The van der Waals surface area contributed by atoms with E-state index in [2.05, 4.69) is 25.5 Å². The summed E-state index contributed by atoms with van der Waals surface area (Å²) >= 11 is 0. The molecule has 0 amide bonds. The van der Waals surface area contributed by atoms with Crippen LogP contribution >= 0.6 is 0 Å². The molecule has 1 fully saturated rings. The summed E-state index contributed by atoms with van der Waals surface area (Å²) in [6, 6.07) is 14.9. The Balaban J connectivity index is 1.65. The summed E-state index contributed by atoms with van der Waals surface area (Å²) < 4.78 is 5.44. The van der Waals surface area contributed by atoms with Crippen LogP contribution in [0.2, 0.25) is 0 Å². The zero-order chi connectivity index (χ0) is 21.2. The molecule has 2 aromatic carbocycles. The lowest BCUT2D eigenvalue weighted by Gasteiger charge is -2.28. The number of fused-ring (bicyclic) bond motifs is 1. The van der Waals surface area contributed by atoms with Crippen LogP contribution in [0.3, 0.4) is 0 Å². The van der Waals surface area contributed by atoms with E-state index in [0.29, 0.717) is 49.2 Å². The van der Waals surface area contributed by atoms with Crippen molar-refractivity contribution >= 4 is 34.3 Å². The predicted octanol–water partition coefficient (Wildman–Crippen LogP) is 3.30. The van der Waals surface area contributed by atoms with Gasteiger partial charge in [-0.15, -0.1) is 0 Å². The summed E-state index contributed by atoms with van der Waals surface area (Å²) in [6.07, 6.45) is 1.72. The van der Waals surface area contributed by atoms with Gasteiger partial charge in [0.05, 0.1) is 30.6 Å². The molecule has 3 N–H and O–H groups in total. The fourth-order valence-corrected chi connectivity index (χ4v) is 3.61. The summed E-state index contributed by atoms with van der Waals surface area (Å²) in [5, 5.41) is 21.1. The van der Waals surface area contributed by atoms with Crippen LogP contribution in [-0.2, 0) is 4.74 Å². The van der Waals surface area contributed by atoms with E-state index in [1.54, 1.807) is 6.20 Å². The topological polar surface area (TPSA) is 116 Å². The van der Waals surface area contributed by atoms with Crippen molar-refractivity contribution in [3.05, 3.63) is 60.3 Å². The Labute approximate surface area is 177 Å². The van der Waals surface area contributed by atoms with E-state index < -0.39 is 5.97 Å². The SMILES string of the molecule is O=C(O)c1c(Nc2ccc3[nH]ncc3c2)nc(N2CCOCC2)nc1-c1ccccc1. The van der Waals surface area contributed by atoms with Crippen LogP contribution < -0.4 is 10.2 Å². The number of hydrogen-bond acceptors (Lipinski definition) is 7. The minimum absolute atomic E-state index is 0.0236. The molecule has 156 valence electrons. The van der Waals surface area contributed by atoms with Crippen LogP contribution in [0.15, 0.2) is 54.7 Å². The second-order valence-electron chi connectivity index (χ2n) is 7.16. The summed E-state index contributed by atoms with van der Waals surface area (Å²) in [4.78, 5) is 23.6. The fourth-order valence-electron chi connectivity index (χ4n) is 3.61. The van der Waals surface area contributed by atoms with Crippen molar-refractivity contribution in [2.75, 3.05) is 36.5 Å². The normalized spacial score (nSPS) is 14.0. The molecule has 9 nitrogen and oxygen atoms in total. The number of ether oxygens (including phenoxy) is 1. The lowest BCUT2D eigenvalue weighted by atomic mass is 10.1. The number of nitrogens with one attached hydrogen (secondary N) is 2. The van der Waals surface area contributed by atoms with E-state index in [4.69, 9.17) is 4.74 Å². The Kier molecular flexibility index (Phi) is 4.93. The zero-order valence-electron chi connectivity index (χ0n) is 16.6. The Morgan fingerprint density at radius 2 is 1.90 bits per heavy atom. The Morgan fingerprint density at radius 3 is 2.68 bits per heavy atom. The molecule has 0 saturated carbocycles. The van der Waals surface area contributed by atoms with Crippen LogP contribution in [0.1, 0.15) is 10.4 Å². The van der Waals surface area contributed by atoms with Crippen LogP contribution in [0.5, 0.6) is 0 Å². The van der Waals surface area contributed by atoms with E-state index in [9.17, 15) is 9.90 Å². The van der Waals surface area contributed by atoms with Crippen molar-refractivity contribution in [1.82, 2.24) is 20.2 Å². The Bertz CT molecular complexity index is 1230. The number of nitrogens with zero attached hydrogens (tertiary/aromatic N) is 4. The highest BCUT2D eigenvalue weighted by Gasteiger charge is 2.25. The molecule has 0 radical (unpaired) electrons. The molecule has 1 saturated heterocycles. The third-order valence-corrected chi connectivity index (χ3v) is 5.16. The molecule has 0 unspecified atom stereocenters. The van der Waals surface area contributed by atoms with Gasteiger partial charge in [-0.25, -0.2) is 9.78 Å². The largest absolute Gasteiger partial charge is 0.477 e. The number of carboxylic acid groups (broad SMARTS) is 1. The molecule has 1 aliphatic rings. The monoisotopic (exact) mass is 416 g/mol. The number of H-pyrrole nitrogens is 1. The number of aromatic amines is 1. The molecule has 2 aromatic heterocycles. The highest BCUT2D eigenvalue weighted by molar-refractivity contribution is 6.01. The van der Waals surface area contributed by atoms with Crippen molar-refractivity contribution in [2.24, 2.45) is 0 Å². The van der Waals surface area contributed by atoms with Crippen LogP contribution in [0.4, 0.5) is 17.5 Å². The first-order chi connectivity index (χ1) is 15.2. The van der Waals surface area contributed by atoms with Crippen molar-refractivity contribution < 1.29 is 14.6 Å². The van der Waals surface area contributed by atoms with Gasteiger partial charge >= 0.3 is 5.97 Å². The molecule has 0 spiro atoms. The van der Waals surface area contributed by atoms with Gasteiger partial charge in [0.15, 0.2) is 5.82 Å². The van der Waals surface area contributed by atoms with E-state index in [0.717, 1.165) is 10.9 Å². The number of anilines is 3. The van der Waals surface area contributed by atoms with Crippen molar-refractivity contribution in [2.45, 2.75) is 0 Å². The van der Waals surface area contributed by atoms with Gasteiger partial charge < -0.3 is 20.1 Å². The van der Waals surface area contributed by atoms with Gasteiger partial charge in [-0.2, -0.15) is 10.1 Å². The van der Waals surface area contributed by atoms with Crippen LogP contribution in [0.25, 0.3) is 22.2 Å². The summed E-state index contributed by atoms with van der Waals surface area (Å²) in [5.74, 6) is -0.385. The first-order valence-corrected chi connectivity index (χ1v) is 9.92. The quantitative estimate of drug-likeness (QED) is 0.454. The van der Waals surface area contributed by atoms with Gasteiger partial charge in [0.1, 0.15) is 5.56 Å². The molecule has 1 aliphatic heterocycles. The van der Waals surface area contributed by atoms with Crippen LogP contribution in [-0.4, -0.2) is 57.5 Å². The summed E-state index contributed by atoms with van der Waals surface area (Å²) in [6.45, 7) is 2.43. The highest BCUT2D eigenvalue weighted by atomic mass is 16.5. The molecular weight excluding hydrogens is 396 g/mol. The second kappa shape index (κ2) is 8.04. The average molecular weight is 416 g/mol. The number of aromatic carboxylic acids is 1. The Hall–Kier alpha value is -3.98. The van der Waals surface area contributed by atoms with E-state index in [-0.39, 0.29) is 11.4 Å². The minimum atomic E-state index is -1.10. The van der Waals surface area contributed by atoms with E-state index in [1.165, 1.54) is 0 Å². The zero-order valence-corrected chi connectivity index (χ0v) is 16.6. The molecule has 0 atom stereocenters. The number of morpholine rings is 1. The summed E-state index contributed by atoms with van der Waals surface area (Å²) in [5.41, 5.74) is 2.71. The maximum absolute atomic E-state index is 12.3. The van der Waals surface area contributed by atoms with Gasteiger partial charge in [-0.3, -0.25) is 5.10 Å². The average Bonchev–Trinajstić information content (AvgIpc) is 3.27. The second-order valence-corrected chi connectivity index (χ2v) is 7.16. The number of benzene rings is 2. The number of rotatable bonds is 5. The molecular formula is C22H20N6O3. The molecule has 0 bridgehead atoms. The van der Waals surface area contributed by atoms with Gasteiger partial charge in [0, 0.05) is 29.7 Å². The van der Waals surface area contributed by atoms with Gasteiger partial charge in [-0.1, -0.05) is 30.3 Å². The third-order valence-electron chi connectivity index (χ3n) is 5.16. The molecule has 5 rings (SSSR count). The number of carbonyl (C=O) groups is 1. The van der Waals surface area contributed by atoms with Crippen molar-refractivity contribution in [1.29, 1.82) is 0 Å². The van der Waals surface area contributed by atoms with Crippen molar-refractivity contribution in [3.8, 4) is 11.3 Å². The van der Waals surface area contributed by atoms with E-state index >= 15 is 0 Å². The minimum Gasteiger partial charge on any atom is -0.477 e. The highest BCUT2D eigenvalue weighted by Crippen LogP contribution is 2.31. The van der Waals surface area contributed by atoms with Gasteiger partial charge in [0.2, 0.25) is 5.95 Å². The number of carboxylic acids is 1. The number of hydrogen-bond donors (Lipinski definition) is 3. The molecule has 3 heterocycles. The molecule has 0 aliphatic carbocycles. The fraction of sp³-hybridized carbons (Fsp3) is 0.182. The lowest BCUT2D eigenvalue weighted by molar-refractivity contribution is 0.0698. The molecule has 9 heteroatoms. The van der Waals surface area contributed by atoms with Crippen LogP contribution in [0, 0.1) is 0 Å². The molecule has 31 heavy (non-hydrogen) atoms. The maximum Gasteiger partial charge on any atom is 0.341 e. The van der Waals surface area contributed by atoms with Gasteiger partial charge in [0.25, 0.3) is 0 Å². The van der Waals surface area contributed by atoms with Gasteiger partial charge in [-0.05, 0) is 18.2 Å². The van der Waals surface area contributed by atoms with E-state index in [1.807, 2.05) is 53.4 Å². The smallest absolute Gasteiger partial charge is 0.341 e. The number of aromatic nitrogens is 4. The predicted molar refractivity (Wildman–Crippen MR) is 117 cm³/mol. The maximum atomic E-state index is 12.3. The lowest BCUT2D eigenvalue weighted by Crippen LogP contribution is -2.37. The first-order valence-electron chi connectivity index (χ1n) is 9.92. The Morgan fingerprint density at radius 1 is 1.10 bits per heavy atom. The summed E-state index contributed by atoms with van der Waals surface area (Å²) in [7, 11) is 0. The molecule has 4 aromatic rings.